The number of nitro benzene ring substituents is 1. The molecule has 0 atom stereocenters. The van der Waals surface area contributed by atoms with Crippen molar-refractivity contribution in [3.8, 4) is 5.75 Å². The van der Waals surface area contributed by atoms with Gasteiger partial charge in [-0.2, -0.15) is 0 Å². The van der Waals surface area contributed by atoms with Crippen molar-refractivity contribution in [2.75, 3.05) is 21.2 Å². The molecular formula is C15H16N2O8S. The highest BCUT2D eigenvalue weighted by atomic mass is 32.2. The molecular weight excluding hydrogens is 368 g/mol. The third kappa shape index (κ3) is 4.00. The lowest BCUT2D eigenvalue weighted by Gasteiger charge is -2.09. The molecule has 140 valence electrons. The average molecular weight is 384 g/mol. The van der Waals surface area contributed by atoms with Crippen molar-refractivity contribution in [3.05, 3.63) is 51.8 Å². The van der Waals surface area contributed by atoms with E-state index in [1.165, 1.54) is 45.5 Å². The number of rotatable bonds is 7. The Balaban J connectivity index is 2.16. The van der Waals surface area contributed by atoms with Crippen LogP contribution < -0.4 is 4.74 Å². The topological polar surface area (TPSA) is 129 Å². The number of nitrogens with zero attached hydrogens (tertiary/aromatic N) is 2. The molecule has 2 rings (SSSR count). The Bertz CT molecular complexity index is 933. The number of ether oxygens (including phenoxy) is 2. The summed E-state index contributed by atoms with van der Waals surface area (Å²) in [5, 5.41) is 10.6. The van der Waals surface area contributed by atoms with E-state index in [2.05, 4.69) is 0 Å². The van der Waals surface area contributed by atoms with Crippen LogP contribution in [-0.4, -0.2) is 44.8 Å². The van der Waals surface area contributed by atoms with E-state index in [1.807, 2.05) is 0 Å². The second kappa shape index (κ2) is 7.54. The molecule has 1 heterocycles. The number of sulfonamides is 1. The lowest BCUT2D eigenvalue weighted by Crippen LogP contribution is -2.21. The van der Waals surface area contributed by atoms with Crippen LogP contribution in [0.3, 0.4) is 0 Å². The normalized spacial score (nSPS) is 11.4. The fraction of sp³-hybridized carbons (Fsp3) is 0.267. The number of nitro groups is 1. The van der Waals surface area contributed by atoms with Crippen LogP contribution in [0, 0.1) is 10.1 Å². The van der Waals surface area contributed by atoms with E-state index in [9.17, 15) is 23.3 Å². The molecule has 0 N–H and O–H groups in total. The Morgan fingerprint density at radius 3 is 2.54 bits per heavy atom. The van der Waals surface area contributed by atoms with Gasteiger partial charge in [0.05, 0.1) is 12.0 Å². The van der Waals surface area contributed by atoms with Crippen molar-refractivity contribution in [1.29, 1.82) is 0 Å². The van der Waals surface area contributed by atoms with Gasteiger partial charge >= 0.3 is 5.97 Å². The van der Waals surface area contributed by atoms with Crippen LogP contribution in [0.1, 0.15) is 16.1 Å². The molecule has 1 aromatic carbocycles. The minimum absolute atomic E-state index is 0.100. The highest BCUT2D eigenvalue weighted by Crippen LogP contribution is 2.25. The van der Waals surface area contributed by atoms with Gasteiger partial charge in [0, 0.05) is 26.2 Å². The van der Waals surface area contributed by atoms with E-state index >= 15 is 0 Å². The molecule has 0 amide bonds. The summed E-state index contributed by atoms with van der Waals surface area (Å²) in [6.45, 7) is -0.354. The van der Waals surface area contributed by atoms with Gasteiger partial charge in [-0.1, -0.05) is 0 Å². The number of furan rings is 1. The van der Waals surface area contributed by atoms with Gasteiger partial charge in [0.15, 0.2) is 0 Å². The molecule has 0 radical (unpaired) electrons. The molecule has 0 bridgehead atoms. The van der Waals surface area contributed by atoms with E-state index in [-0.39, 0.29) is 34.5 Å². The molecule has 0 unspecified atom stereocenters. The fourth-order valence-electron chi connectivity index (χ4n) is 1.94. The van der Waals surface area contributed by atoms with Gasteiger partial charge in [-0.3, -0.25) is 10.1 Å². The van der Waals surface area contributed by atoms with Crippen LogP contribution in [0.15, 0.2) is 39.8 Å². The van der Waals surface area contributed by atoms with E-state index in [4.69, 9.17) is 13.9 Å². The van der Waals surface area contributed by atoms with Crippen LogP contribution in [0.25, 0.3) is 0 Å². The Kier molecular flexibility index (Phi) is 5.63. The number of carbonyl (C=O) groups excluding carboxylic acids is 1. The summed E-state index contributed by atoms with van der Waals surface area (Å²) in [6.07, 6.45) is 0. The molecule has 0 aliphatic carbocycles. The zero-order valence-electron chi connectivity index (χ0n) is 14.2. The maximum absolute atomic E-state index is 12.2. The number of carbonyl (C=O) groups is 1. The van der Waals surface area contributed by atoms with Gasteiger partial charge in [0.1, 0.15) is 23.7 Å². The Morgan fingerprint density at radius 1 is 1.27 bits per heavy atom. The summed E-state index contributed by atoms with van der Waals surface area (Å²) in [5.41, 5.74) is -0.426. The predicted molar refractivity (Wildman–Crippen MR) is 88.3 cm³/mol. The van der Waals surface area contributed by atoms with E-state index < -0.39 is 20.9 Å². The maximum Gasteiger partial charge on any atom is 0.342 e. The molecule has 0 fully saturated rings. The molecule has 10 nitrogen and oxygen atoms in total. The van der Waals surface area contributed by atoms with E-state index in [0.717, 1.165) is 10.4 Å². The fourth-order valence-corrected chi connectivity index (χ4v) is 2.75. The zero-order valence-corrected chi connectivity index (χ0v) is 15.0. The Labute approximate surface area is 149 Å². The van der Waals surface area contributed by atoms with Crippen LogP contribution >= 0.6 is 0 Å². The molecule has 0 aliphatic rings. The summed E-state index contributed by atoms with van der Waals surface area (Å²) >= 11 is 0. The van der Waals surface area contributed by atoms with Crippen molar-refractivity contribution in [2.24, 2.45) is 0 Å². The molecule has 0 saturated carbocycles. The smallest absolute Gasteiger partial charge is 0.342 e. The molecule has 0 aliphatic heterocycles. The molecule has 11 heteroatoms. The van der Waals surface area contributed by atoms with Gasteiger partial charge in [0.2, 0.25) is 5.09 Å². The summed E-state index contributed by atoms with van der Waals surface area (Å²) < 4.78 is 40.0. The summed E-state index contributed by atoms with van der Waals surface area (Å²) in [7, 11) is 0.274. The van der Waals surface area contributed by atoms with Crippen LogP contribution in [0.2, 0.25) is 0 Å². The van der Waals surface area contributed by atoms with Gasteiger partial charge in [-0.15, -0.1) is 0 Å². The molecule has 26 heavy (non-hydrogen) atoms. The van der Waals surface area contributed by atoms with Gasteiger partial charge in [-0.25, -0.2) is 17.5 Å². The lowest BCUT2D eigenvalue weighted by atomic mass is 10.2. The summed E-state index contributed by atoms with van der Waals surface area (Å²) in [5.74, 6) is -0.668. The van der Waals surface area contributed by atoms with Crippen molar-refractivity contribution >= 4 is 21.7 Å². The van der Waals surface area contributed by atoms with Gasteiger partial charge in [0.25, 0.3) is 15.7 Å². The van der Waals surface area contributed by atoms with Gasteiger partial charge in [-0.05, 0) is 18.2 Å². The first-order valence-electron chi connectivity index (χ1n) is 7.17. The summed E-state index contributed by atoms with van der Waals surface area (Å²) in [4.78, 5) is 22.4. The van der Waals surface area contributed by atoms with Crippen molar-refractivity contribution in [3.63, 3.8) is 0 Å². The Morgan fingerprint density at radius 2 is 1.96 bits per heavy atom. The van der Waals surface area contributed by atoms with Crippen LogP contribution in [0.4, 0.5) is 5.69 Å². The number of methoxy groups -OCH3 is 1. The third-order valence-electron chi connectivity index (χ3n) is 3.33. The lowest BCUT2D eigenvalue weighted by molar-refractivity contribution is -0.384. The maximum atomic E-state index is 12.2. The quantitative estimate of drug-likeness (QED) is 0.401. The van der Waals surface area contributed by atoms with E-state index in [0.29, 0.717) is 0 Å². The van der Waals surface area contributed by atoms with Crippen molar-refractivity contribution in [2.45, 2.75) is 11.7 Å². The second-order valence-electron chi connectivity index (χ2n) is 5.23. The standard InChI is InChI=1S/C15H16N2O8S/c1-16(2)26(21,22)14-7-5-11(25-14)9-24-15(18)12-8-10(17(19)20)4-6-13(12)23-3/h4-8H,9H2,1-3H3. The van der Waals surface area contributed by atoms with Crippen LogP contribution in [0.5, 0.6) is 5.75 Å². The molecule has 1 aromatic heterocycles. The molecule has 2 aromatic rings. The largest absolute Gasteiger partial charge is 0.496 e. The minimum atomic E-state index is -3.74. The summed E-state index contributed by atoms with van der Waals surface area (Å²) in [6, 6.07) is 6.11. The number of hydrogen-bond acceptors (Lipinski definition) is 8. The first kappa shape index (κ1) is 19.4. The number of esters is 1. The molecule has 0 saturated heterocycles. The number of hydrogen-bond donors (Lipinski definition) is 0. The van der Waals surface area contributed by atoms with Crippen molar-refractivity contribution < 1.29 is 32.0 Å². The highest BCUT2D eigenvalue weighted by Gasteiger charge is 2.23. The predicted octanol–water partition coefficient (Wildman–Crippen LogP) is 1.80. The van der Waals surface area contributed by atoms with Crippen LogP contribution in [-0.2, 0) is 21.4 Å². The number of benzene rings is 1. The second-order valence-corrected chi connectivity index (χ2v) is 7.31. The minimum Gasteiger partial charge on any atom is -0.496 e. The first-order valence-corrected chi connectivity index (χ1v) is 8.61. The monoisotopic (exact) mass is 384 g/mol. The zero-order chi connectivity index (χ0) is 19.5. The third-order valence-corrected chi connectivity index (χ3v) is 5.02. The van der Waals surface area contributed by atoms with Crippen molar-refractivity contribution in [1.82, 2.24) is 4.31 Å². The Hall–Kier alpha value is -2.92. The first-order chi connectivity index (χ1) is 12.2. The number of non-ortho nitro benzene ring substituents is 1. The van der Waals surface area contributed by atoms with Gasteiger partial charge < -0.3 is 13.9 Å². The average Bonchev–Trinajstić information content (AvgIpc) is 3.08. The highest BCUT2D eigenvalue weighted by molar-refractivity contribution is 7.88. The van der Waals surface area contributed by atoms with E-state index in [1.54, 1.807) is 0 Å². The SMILES string of the molecule is COc1ccc([N+](=O)[O-])cc1C(=O)OCc1ccc(S(=O)(=O)N(C)C)o1. The molecule has 0 spiro atoms.